The third-order valence-corrected chi connectivity index (χ3v) is 4.03. The maximum atomic E-state index is 11.4. The number of piperazine rings is 1. The van der Waals surface area contributed by atoms with Crippen molar-refractivity contribution in [1.29, 1.82) is 0 Å². The molecule has 1 aliphatic rings. The van der Waals surface area contributed by atoms with Gasteiger partial charge in [0, 0.05) is 25.2 Å². The number of nitrogens with zero attached hydrogens (tertiary/aromatic N) is 2. The number of likely N-dealkylation sites (N-methyl/N-ethyl adjacent to an activating group) is 1. The Bertz CT molecular complexity index is 276. The highest BCUT2D eigenvalue weighted by Crippen LogP contribution is 2.15. The molecule has 0 spiro atoms. The van der Waals surface area contributed by atoms with Crippen LogP contribution in [0.15, 0.2) is 0 Å². The normalized spacial score (nSPS) is 33.5. The molecule has 1 fully saturated rings. The van der Waals surface area contributed by atoms with E-state index in [1.165, 1.54) is 6.26 Å². The number of hydrogen-bond donors (Lipinski definition) is 0. The van der Waals surface area contributed by atoms with Crippen molar-refractivity contribution in [2.75, 3.05) is 26.4 Å². The lowest BCUT2D eigenvalue weighted by molar-refractivity contribution is 0.119. The Balaban J connectivity index is 2.79. The standard InChI is InChI=1S/C8H18N2O2S/c1-7-6-10(13(4,11)12)8(2)5-9(7)3/h7-8H,5-6H2,1-4H3/t7-,8+/m0/s1. The highest BCUT2D eigenvalue weighted by Gasteiger charge is 2.31. The summed E-state index contributed by atoms with van der Waals surface area (Å²) >= 11 is 0. The summed E-state index contributed by atoms with van der Waals surface area (Å²) in [4.78, 5) is 2.19. The van der Waals surface area contributed by atoms with Crippen LogP contribution in [-0.2, 0) is 10.0 Å². The van der Waals surface area contributed by atoms with Crippen LogP contribution >= 0.6 is 0 Å². The Kier molecular flexibility index (Phi) is 2.99. The third-order valence-electron chi connectivity index (χ3n) is 2.67. The molecule has 1 saturated heterocycles. The van der Waals surface area contributed by atoms with Crippen LogP contribution in [0.3, 0.4) is 0 Å². The smallest absolute Gasteiger partial charge is 0.211 e. The molecule has 2 atom stereocenters. The molecule has 5 heteroatoms. The Morgan fingerprint density at radius 1 is 1.15 bits per heavy atom. The second-order valence-corrected chi connectivity index (χ2v) is 5.91. The minimum absolute atomic E-state index is 0.0937. The summed E-state index contributed by atoms with van der Waals surface area (Å²) in [6, 6.07) is 0.405. The molecule has 0 aromatic heterocycles. The molecule has 0 aliphatic carbocycles. The van der Waals surface area contributed by atoms with E-state index in [0.29, 0.717) is 12.6 Å². The van der Waals surface area contributed by atoms with Crippen molar-refractivity contribution in [2.24, 2.45) is 0 Å². The van der Waals surface area contributed by atoms with Gasteiger partial charge in [-0.05, 0) is 20.9 Å². The Morgan fingerprint density at radius 2 is 1.69 bits per heavy atom. The number of sulfonamides is 1. The summed E-state index contributed by atoms with van der Waals surface area (Å²) in [6.07, 6.45) is 1.28. The highest BCUT2D eigenvalue weighted by molar-refractivity contribution is 7.88. The van der Waals surface area contributed by atoms with Gasteiger partial charge in [0.15, 0.2) is 0 Å². The topological polar surface area (TPSA) is 40.6 Å². The summed E-state index contributed by atoms with van der Waals surface area (Å²) in [7, 11) is -0.996. The zero-order valence-electron chi connectivity index (χ0n) is 8.69. The number of hydrogen-bond acceptors (Lipinski definition) is 3. The first-order valence-corrected chi connectivity index (χ1v) is 6.34. The average Bonchev–Trinajstić information content (AvgIpc) is 1.94. The molecule has 78 valence electrons. The highest BCUT2D eigenvalue weighted by atomic mass is 32.2. The molecule has 0 saturated carbocycles. The molecule has 0 N–H and O–H groups in total. The molecule has 0 radical (unpaired) electrons. The van der Waals surface area contributed by atoms with Gasteiger partial charge in [-0.1, -0.05) is 0 Å². The molecular weight excluding hydrogens is 188 g/mol. The van der Waals surface area contributed by atoms with E-state index in [1.54, 1.807) is 4.31 Å². The van der Waals surface area contributed by atoms with E-state index in [4.69, 9.17) is 0 Å². The molecular formula is C8H18N2O2S. The van der Waals surface area contributed by atoms with E-state index in [2.05, 4.69) is 4.90 Å². The maximum absolute atomic E-state index is 11.4. The molecule has 0 amide bonds. The van der Waals surface area contributed by atoms with Crippen LogP contribution in [0.2, 0.25) is 0 Å². The lowest BCUT2D eigenvalue weighted by Crippen LogP contribution is -2.56. The van der Waals surface area contributed by atoms with E-state index in [-0.39, 0.29) is 6.04 Å². The quantitative estimate of drug-likeness (QED) is 0.605. The van der Waals surface area contributed by atoms with Crippen molar-refractivity contribution in [2.45, 2.75) is 25.9 Å². The zero-order chi connectivity index (χ0) is 10.2. The van der Waals surface area contributed by atoms with Gasteiger partial charge in [-0.25, -0.2) is 8.42 Å². The van der Waals surface area contributed by atoms with Crippen LogP contribution in [0.1, 0.15) is 13.8 Å². The molecule has 0 aromatic carbocycles. The van der Waals surface area contributed by atoms with Crippen LogP contribution < -0.4 is 0 Å². The van der Waals surface area contributed by atoms with E-state index in [9.17, 15) is 8.42 Å². The van der Waals surface area contributed by atoms with Crippen LogP contribution in [-0.4, -0.2) is 56.1 Å². The molecule has 13 heavy (non-hydrogen) atoms. The van der Waals surface area contributed by atoms with Crippen molar-refractivity contribution in [3.63, 3.8) is 0 Å². The van der Waals surface area contributed by atoms with Gasteiger partial charge in [-0.3, -0.25) is 0 Å². The molecule has 1 rings (SSSR count). The van der Waals surface area contributed by atoms with E-state index in [1.807, 2.05) is 20.9 Å². The molecule has 0 bridgehead atoms. The van der Waals surface area contributed by atoms with Crippen molar-refractivity contribution in [1.82, 2.24) is 9.21 Å². The van der Waals surface area contributed by atoms with Crippen LogP contribution in [0.25, 0.3) is 0 Å². The van der Waals surface area contributed by atoms with E-state index < -0.39 is 10.0 Å². The maximum Gasteiger partial charge on any atom is 0.211 e. The van der Waals surface area contributed by atoms with Gasteiger partial charge >= 0.3 is 0 Å². The van der Waals surface area contributed by atoms with Crippen molar-refractivity contribution in [3.8, 4) is 0 Å². The first kappa shape index (κ1) is 10.9. The molecule has 1 heterocycles. The van der Waals surface area contributed by atoms with Crippen molar-refractivity contribution < 1.29 is 8.42 Å². The Labute approximate surface area is 80.6 Å². The molecule has 4 nitrogen and oxygen atoms in total. The second kappa shape index (κ2) is 3.55. The monoisotopic (exact) mass is 206 g/mol. The summed E-state index contributed by atoms with van der Waals surface area (Å²) in [5, 5.41) is 0. The SMILES string of the molecule is C[C@@H]1CN(C)[C@@H](C)CN1S(C)(=O)=O. The van der Waals surface area contributed by atoms with Gasteiger partial charge in [0.25, 0.3) is 0 Å². The predicted molar refractivity (Wildman–Crippen MR) is 53.1 cm³/mol. The Hall–Kier alpha value is -0.130. The van der Waals surface area contributed by atoms with Crippen molar-refractivity contribution in [3.05, 3.63) is 0 Å². The second-order valence-electron chi connectivity index (χ2n) is 3.97. The fourth-order valence-corrected chi connectivity index (χ4v) is 2.94. The van der Waals surface area contributed by atoms with Gasteiger partial charge in [0.1, 0.15) is 0 Å². The summed E-state index contributed by atoms with van der Waals surface area (Å²) < 4.78 is 24.3. The lowest BCUT2D eigenvalue weighted by Gasteiger charge is -2.40. The summed E-state index contributed by atoms with van der Waals surface area (Å²) in [6.45, 7) is 5.41. The largest absolute Gasteiger partial charge is 0.301 e. The summed E-state index contributed by atoms with van der Waals surface area (Å²) in [5.41, 5.74) is 0. The van der Waals surface area contributed by atoms with Crippen molar-refractivity contribution >= 4 is 10.0 Å². The van der Waals surface area contributed by atoms with E-state index in [0.717, 1.165) is 6.54 Å². The molecule has 1 aliphatic heterocycles. The van der Waals surface area contributed by atoms with Gasteiger partial charge < -0.3 is 4.90 Å². The van der Waals surface area contributed by atoms with Crippen LogP contribution in [0.5, 0.6) is 0 Å². The minimum atomic E-state index is -3.02. The van der Waals surface area contributed by atoms with Gasteiger partial charge in [0.2, 0.25) is 10.0 Å². The first-order valence-electron chi connectivity index (χ1n) is 4.49. The summed E-state index contributed by atoms with van der Waals surface area (Å²) in [5.74, 6) is 0. The lowest BCUT2D eigenvalue weighted by atomic mass is 10.2. The average molecular weight is 206 g/mol. The van der Waals surface area contributed by atoms with Crippen LogP contribution in [0.4, 0.5) is 0 Å². The van der Waals surface area contributed by atoms with Gasteiger partial charge in [0.05, 0.1) is 6.26 Å². The fraction of sp³-hybridized carbons (Fsp3) is 1.00. The zero-order valence-corrected chi connectivity index (χ0v) is 9.50. The molecule has 0 unspecified atom stereocenters. The van der Waals surface area contributed by atoms with Gasteiger partial charge in [-0.2, -0.15) is 4.31 Å². The number of rotatable bonds is 1. The predicted octanol–water partition coefficient (Wildman–Crippen LogP) is -0.0296. The minimum Gasteiger partial charge on any atom is -0.301 e. The van der Waals surface area contributed by atoms with Crippen LogP contribution in [0, 0.1) is 0 Å². The molecule has 0 aromatic rings. The van der Waals surface area contributed by atoms with E-state index >= 15 is 0 Å². The van der Waals surface area contributed by atoms with Gasteiger partial charge in [-0.15, -0.1) is 0 Å². The third kappa shape index (κ3) is 2.42. The first-order chi connectivity index (χ1) is 5.82. The fourth-order valence-electron chi connectivity index (χ4n) is 1.73. The Morgan fingerprint density at radius 3 is 2.15 bits per heavy atom.